The van der Waals surface area contributed by atoms with Gasteiger partial charge in [-0.05, 0) is 67.3 Å². The van der Waals surface area contributed by atoms with Gasteiger partial charge in [0.25, 0.3) is 15.9 Å². The summed E-state index contributed by atoms with van der Waals surface area (Å²) in [6.45, 7) is 2.27. The predicted molar refractivity (Wildman–Crippen MR) is 118 cm³/mol. The molecule has 31 heavy (non-hydrogen) atoms. The van der Waals surface area contributed by atoms with Crippen molar-refractivity contribution in [3.63, 3.8) is 0 Å². The van der Waals surface area contributed by atoms with Gasteiger partial charge in [0.2, 0.25) is 0 Å². The largest absolute Gasteiger partial charge is 0.351 e. The Balaban J connectivity index is 1.51. The fraction of sp³-hybridized carbons (Fsp3) is 0.208. The van der Waals surface area contributed by atoms with Gasteiger partial charge in [0.15, 0.2) is 0 Å². The van der Waals surface area contributed by atoms with E-state index in [2.05, 4.69) is 22.2 Å². The first-order chi connectivity index (χ1) is 14.8. The molecule has 0 bridgehead atoms. The zero-order chi connectivity index (χ0) is 22.1. The van der Waals surface area contributed by atoms with Crippen molar-refractivity contribution in [3.05, 3.63) is 95.3 Å². The van der Waals surface area contributed by atoms with Crippen LogP contribution in [0, 0.1) is 12.7 Å². The van der Waals surface area contributed by atoms with Crippen LogP contribution in [-0.4, -0.2) is 20.9 Å². The molecule has 5 nitrogen and oxygen atoms in total. The molecular formula is C24H23FN2O3S. The highest BCUT2D eigenvalue weighted by Gasteiger charge is 2.44. The number of hydrogen-bond acceptors (Lipinski definition) is 3. The van der Waals surface area contributed by atoms with Crippen molar-refractivity contribution in [1.82, 2.24) is 5.32 Å². The van der Waals surface area contributed by atoms with Gasteiger partial charge >= 0.3 is 0 Å². The fourth-order valence-electron chi connectivity index (χ4n) is 3.60. The molecule has 0 spiro atoms. The highest BCUT2D eigenvalue weighted by Crippen LogP contribution is 2.47. The Morgan fingerprint density at radius 3 is 2.32 bits per heavy atom. The number of carbonyl (C=O) groups is 1. The van der Waals surface area contributed by atoms with Crippen LogP contribution in [0.15, 0.2) is 77.7 Å². The van der Waals surface area contributed by atoms with Crippen molar-refractivity contribution >= 4 is 21.6 Å². The second-order valence-electron chi connectivity index (χ2n) is 7.92. The Bertz CT molecular complexity index is 1210. The van der Waals surface area contributed by atoms with Gasteiger partial charge in [0.1, 0.15) is 5.82 Å². The lowest BCUT2D eigenvalue weighted by Crippen LogP contribution is -2.32. The molecule has 2 N–H and O–H groups in total. The van der Waals surface area contributed by atoms with E-state index < -0.39 is 15.8 Å². The lowest BCUT2D eigenvalue weighted by molar-refractivity contribution is 0.0949. The van der Waals surface area contributed by atoms with Gasteiger partial charge in [-0.1, -0.05) is 36.4 Å². The molecule has 1 fully saturated rings. The second kappa shape index (κ2) is 8.15. The van der Waals surface area contributed by atoms with Crippen LogP contribution in [0.2, 0.25) is 0 Å². The number of nitrogens with one attached hydrogen (secondary N) is 2. The summed E-state index contributed by atoms with van der Waals surface area (Å²) >= 11 is 0. The Labute approximate surface area is 181 Å². The van der Waals surface area contributed by atoms with E-state index in [4.69, 9.17) is 0 Å². The number of sulfonamides is 1. The maximum atomic E-state index is 13.1. The lowest BCUT2D eigenvalue weighted by Gasteiger charge is -2.17. The number of amides is 1. The van der Waals surface area contributed by atoms with Crippen molar-refractivity contribution in [2.24, 2.45) is 0 Å². The molecule has 0 aromatic heterocycles. The first kappa shape index (κ1) is 21.1. The SMILES string of the molecule is Cc1ccc(S(=O)(=O)Nc2ccc(F)cc2)cc1C(=O)NCC1(c2ccccc2)CC1. The van der Waals surface area contributed by atoms with E-state index in [9.17, 15) is 17.6 Å². The molecule has 0 atom stereocenters. The van der Waals surface area contributed by atoms with Crippen LogP contribution in [0.25, 0.3) is 0 Å². The third-order valence-corrected chi connectivity index (χ3v) is 7.07. The van der Waals surface area contributed by atoms with Crippen LogP contribution in [0.4, 0.5) is 10.1 Å². The summed E-state index contributed by atoms with van der Waals surface area (Å²) in [4.78, 5) is 12.8. The van der Waals surface area contributed by atoms with E-state index in [1.54, 1.807) is 13.0 Å². The van der Waals surface area contributed by atoms with E-state index >= 15 is 0 Å². The third kappa shape index (κ3) is 4.61. The van der Waals surface area contributed by atoms with Crippen molar-refractivity contribution in [2.75, 3.05) is 11.3 Å². The van der Waals surface area contributed by atoms with Gasteiger partial charge in [-0.15, -0.1) is 0 Å². The number of hydrogen-bond donors (Lipinski definition) is 2. The average Bonchev–Trinajstić information content (AvgIpc) is 3.56. The molecule has 0 saturated heterocycles. The van der Waals surface area contributed by atoms with Crippen molar-refractivity contribution in [2.45, 2.75) is 30.1 Å². The Hall–Kier alpha value is -3.19. The summed E-state index contributed by atoms with van der Waals surface area (Å²) in [5, 5.41) is 2.98. The number of benzene rings is 3. The monoisotopic (exact) mass is 438 g/mol. The molecule has 0 radical (unpaired) electrons. The maximum Gasteiger partial charge on any atom is 0.261 e. The molecule has 7 heteroatoms. The summed E-state index contributed by atoms with van der Waals surface area (Å²) in [7, 11) is -3.93. The molecule has 1 amide bonds. The Morgan fingerprint density at radius 2 is 1.68 bits per heavy atom. The van der Waals surface area contributed by atoms with E-state index in [1.807, 2.05) is 18.2 Å². The van der Waals surface area contributed by atoms with E-state index in [0.29, 0.717) is 17.7 Å². The van der Waals surface area contributed by atoms with Gasteiger partial charge in [-0.25, -0.2) is 12.8 Å². The van der Waals surface area contributed by atoms with Gasteiger partial charge in [0, 0.05) is 23.2 Å². The van der Waals surface area contributed by atoms with E-state index in [0.717, 1.165) is 12.8 Å². The number of carbonyl (C=O) groups excluding carboxylic acids is 1. The predicted octanol–water partition coefficient (Wildman–Crippen LogP) is 4.40. The van der Waals surface area contributed by atoms with Crippen LogP contribution < -0.4 is 10.0 Å². The third-order valence-electron chi connectivity index (χ3n) is 5.69. The summed E-state index contributed by atoms with van der Waals surface area (Å²) < 4.78 is 41.0. The summed E-state index contributed by atoms with van der Waals surface area (Å²) in [6, 6.07) is 19.5. The second-order valence-corrected chi connectivity index (χ2v) is 9.60. The average molecular weight is 439 g/mol. The van der Waals surface area contributed by atoms with E-state index in [-0.39, 0.29) is 21.9 Å². The molecule has 160 valence electrons. The first-order valence-corrected chi connectivity index (χ1v) is 11.5. The minimum atomic E-state index is -3.93. The van der Waals surface area contributed by atoms with Crippen LogP contribution in [0.1, 0.15) is 34.3 Å². The first-order valence-electron chi connectivity index (χ1n) is 10.0. The minimum absolute atomic E-state index is 0.0308. The molecular weight excluding hydrogens is 415 g/mol. The smallest absolute Gasteiger partial charge is 0.261 e. The van der Waals surface area contributed by atoms with Gasteiger partial charge in [0.05, 0.1) is 4.90 Å². The van der Waals surface area contributed by atoms with Crippen LogP contribution in [0.5, 0.6) is 0 Å². The molecule has 1 aliphatic rings. The normalized spacial score (nSPS) is 14.6. The van der Waals surface area contributed by atoms with Crippen molar-refractivity contribution in [3.8, 4) is 0 Å². The summed E-state index contributed by atoms with van der Waals surface area (Å²) in [6.07, 6.45) is 2.01. The molecule has 1 aliphatic carbocycles. The molecule has 0 heterocycles. The van der Waals surface area contributed by atoms with Gasteiger partial charge in [-0.2, -0.15) is 0 Å². The highest BCUT2D eigenvalue weighted by atomic mass is 32.2. The lowest BCUT2D eigenvalue weighted by atomic mass is 9.96. The van der Waals surface area contributed by atoms with Crippen molar-refractivity contribution in [1.29, 1.82) is 0 Å². The fourth-order valence-corrected chi connectivity index (χ4v) is 4.68. The minimum Gasteiger partial charge on any atom is -0.351 e. The number of anilines is 1. The highest BCUT2D eigenvalue weighted by molar-refractivity contribution is 7.92. The Kier molecular flexibility index (Phi) is 5.54. The number of halogens is 1. The summed E-state index contributed by atoms with van der Waals surface area (Å²) in [5.41, 5.74) is 2.39. The Morgan fingerprint density at radius 1 is 1.00 bits per heavy atom. The van der Waals surface area contributed by atoms with Crippen LogP contribution >= 0.6 is 0 Å². The molecule has 0 unspecified atom stereocenters. The zero-order valence-corrected chi connectivity index (χ0v) is 17.9. The van der Waals surface area contributed by atoms with Crippen molar-refractivity contribution < 1.29 is 17.6 Å². The van der Waals surface area contributed by atoms with Crippen LogP contribution in [0.3, 0.4) is 0 Å². The molecule has 4 rings (SSSR count). The van der Waals surface area contributed by atoms with E-state index in [1.165, 1.54) is 42.0 Å². The van der Waals surface area contributed by atoms with Gasteiger partial charge < -0.3 is 5.32 Å². The molecule has 0 aliphatic heterocycles. The standard InChI is InChI=1S/C24H23FN2O3S/c1-17-7-12-21(31(29,30)27-20-10-8-19(25)9-11-20)15-22(17)23(28)26-16-24(13-14-24)18-5-3-2-4-6-18/h2-12,15,27H,13-14,16H2,1H3,(H,26,28). The maximum absolute atomic E-state index is 13.1. The number of rotatable bonds is 7. The summed E-state index contributed by atoms with van der Waals surface area (Å²) in [5.74, 6) is -0.764. The van der Waals surface area contributed by atoms with Crippen LogP contribution in [-0.2, 0) is 15.4 Å². The number of aryl methyl sites for hydroxylation is 1. The topological polar surface area (TPSA) is 75.3 Å². The van der Waals surface area contributed by atoms with Gasteiger partial charge in [-0.3, -0.25) is 9.52 Å². The zero-order valence-electron chi connectivity index (χ0n) is 17.1. The molecule has 3 aromatic rings. The quantitative estimate of drug-likeness (QED) is 0.574. The molecule has 1 saturated carbocycles. The molecule has 3 aromatic carbocycles.